The molecule has 0 radical (unpaired) electrons. The van der Waals surface area contributed by atoms with Crippen LogP contribution in [0.25, 0.3) is 0 Å². The molecular formula is C11H18N2O3. The fraction of sp³-hybridized carbons (Fsp3) is 0.818. The van der Waals surface area contributed by atoms with E-state index >= 15 is 0 Å². The maximum atomic E-state index is 11.8. The van der Waals surface area contributed by atoms with Gasteiger partial charge >= 0.3 is 6.09 Å². The first-order valence-electron chi connectivity index (χ1n) is 5.34. The molecule has 1 fully saturated rings. The minimum Gasteiger partial charge on any atom is -0.444 e. The Labute approximate surface area is 95.9 Å². The van der Waals surface area contributed by atoms with E-state index in [0.717, 1.165) is 0 Å². The molecule has 0 spiro atoms. The predicted octanol–water partition coefficient (Wildman–Crippen LogP) is 1.53. The zero-order chi connectivity index (χ0) is 12.3. The van der Waals surface area contributed by atoms with Crippen molar-refractivity contribution in [3.8, 4) is 6.07 Å². The van der Waals surface area contributed by atoms with Gasteiger partial charge in [-0.2, -0.15) is 5.26 Å². The zero-order valence-corrected chi connectivity index (χ0v) is 10.2. The molecule has 1 saturated heterocycles. The predicted molar refractivity (Wildman–Crippen MR) is 57.8 cm³/mol. The van der Waals surface area contributed by atoms with Crippen molar-refractivity contribution in [2.45, 2.75) is 45.4 Å². The van der Waals surface area contributed by atoms with Gasteiger partial charge in [0.05, 0.1) is 25.3 Å². The highest BCUT2D eigenvalue weighted by atomic mass is 16.6. The standard InChI is InChI=1S/C11H18N2O3/c1-8-7-15-9(5-12)6-13(8)10(14)16-11(2,3)4/h8-9H,6-7H2,1-4H3/t8?,9-/m1/s1. The van der Waals surface area contributed by atoms with Crippen molar-refractivity contribution in [3.05, 3.63) is 0 Å². The Kier molecular flexibility index (Phi) is 3.76. The van der Waals surface area contributed by atoms with Crippen LogP contribution >= 0.6 is 0 Å². The van der Waals surface area contributed by atoms with Crippen molar-refractivity contribution in [1.82, 2.24) is 4.90 Å². The number of nitrogens with zero attached hydrogens (tertiary/aromatic N) is 2. The Balaban J connectivity index is 2.63. The molecule has 0 aromatic carbocycles. The van der Waals surface area contributed by atoms with E-state index in [1.54, 1.807) is 4.90 Å². The molecular weight excluding hydrogens is 208 g/mol. The van der Waals surface area contributed by atoms with Gasteiger partial charge in [0.1, 0.15) is 5.60 Å². The van der Waals surface area contributed by atoms with Crippen molar-refractivity contribution in [3.63, 3.8) is 0 Å². The molecule has 1 aliphatic heterocycles. The summed E-state index contributed by atoms with van der Waals surface area (Å²) in [5.74, 6) is 0. The van der Waals surface area contributed by atoms with Gasteiger partial charge < -0.3 is 9.47 Å². The van der Waals surface area contributed by atoms with Crippen LogP contribution in [0.2, 0.25) is 0 Å². The van der Waals surface area contributed by atoms with Crippen LogP contribution in [0.3, 0.4) is 0 Å². The van der Waals surface area contributed by atoms with Gasteiger partial charge in [-0.25, -0.2) is 4.79 Å². The molecule has 16 heavy (non-hydrogen) atoms. The van der Waals surface area contributed by atoms with E-state index in [-0.39, 0.29) is 18.7 Å². The Morgan fingerprint density at radius 2 is 2.19 bits per heavy atom. The van der Waals surface area contributed by atoms with Crippen molar-refractivity contribution in [2.24, 2.45) is 0 Å². The normalized spacial score (nSPS) is 26.1. The van der Waals surface area contributed by atoms with Crippen LogP contribution in [0.4, 0.5) is 4.79 Å². The lowest BCUT2D eigenvalue weighted by Crippen LogP contribution is -2.52. The van der Waals surface area contributed by atoms with Crippen molar-refractivity contribution >= 4 is 6.09 Å². The van der Waals surface area contributed by atoms with Crippen molar-refractivity contribution in [2.75, 3.05) is 13.2 Å². The third kappa shape index (κ3) is 3.38. The Morgan fingerprint density at radius 1 is 1.56 bits per heavy atom. The van der Waals surface area contributed by atoms with E-state index in [9.17, 15) is 4.79 Å². The number of carbonyl (C=O) groups is 1. The second kappa shape index (κ2) is 4.71. The van der Waals surface area contributed by atoms with E-state index in [1.807, 2.05) is 33.8 Å². The van der Waals surface area contributed by atoms with Gasteiger partial charge in [0.15, 0.2) is 6.10 Å². The summed E-state index contributed by atoms with van der Waals surface area (Å²) in [4.78, 5) is 13.4. The fourth-order valence-electron chi connectivity index (χ4n) is 1.41. The number of carbonyl (C=O) groups excluding carboxylic acids is 1. The average molecular weight is 226 g/mol. The molecule has 0 aromatic heterocycles. The van der Waals surface area contributed by atoms with E-state index in [1.165, 1.54) is 0 Å². The van der Waals surface area contributed by atoms with Crippen LogP contribution in [-0.4, -0.2) is 41.9 Å². The Morgan fingerprint density at radius 3 is 2.69 bits per heavy atom. The SMILES string of the molecule is CC1CO[C@H](C#N)CN1C(=O)OC(C)(C)C. The van der Waals surface area contributed by atoms with Gasteiger partial charge in [-0.15, -0.1) is 0 Å². The second-order valence-electron chi connectivity index (χ2n) is 4.93. The highest BCUT2D eigenvalue weighted by Crippen LogP contribution is 2.16. The first kappa shape index (κ1) is 12.8. The smallest absolute Gasteiger partial charge is 0.410 e. The quantitative estimate of drug-likeness (QED) is 0.628. The van der Waals surface area contributed by atoms with Crippen LogP contribution in [0, 0.1) is 11.3 Å². The fourth-order valence-corrected chi connectivity index (χ4v) is 1.41. The first-order valence-corrected chi connectivity index (χ1v) is 5.34. The van der Waals surface area contributed by atoms with Crippen LogP contribution in [0.1, 0.15) is 27.7 Å². The summed E-state index contributed by atoms with van der Waals surface area (Å²) in [7, 11) is 0. The van der Waals surface area contributed by atoms with E-state index in [0.29, 0.717) is 6.61 Å². The third-order valence-electron chi connectivity index (χ3n) is 2.21. The molecule has 0 aromatic rings. The second-order valence-corrected chi connectivity index (χ2v) is 4.93. The lowest BCUT2D eigenvalue weighted by Gasteiger charge is -2.36. The molecule has 1 amide bonds. The molecule has 5 nitrogen and oxygen atoms in total. The van der Waals surface area contributed by atoms with Crippen LogP contribution in [-0.2, 0) is 9.47 Å². The van der Waals surface area contributed by atoms with E-state index in [2.05, 4.69) is 0 Å². The van der Waals surface area contributed by atoms with E-state index < -0.39 is 11.7 Å². The van der Waals surface area contributed by atoms with E-state index in [4.69, 9.17) is 14.7 Å². The summed E-state index contributed by atoms with van der Waals surface area (Å²) in [6.45, 7) is 7.97. The summed E-state index contributed by atoms with van der Waals surface area (Å²) in [5, 5.41) is 8.76. The monoisotopic (exact) mass is 226 g/mol. The summed E-state index contributed by atoms with van der Waals surface area (Å²) < 4.78 is 10.5. The molecule has 0 saturated carbocycles. The average Bonchev–Trinajstić information content (AvgIpc) is 2.15. The number of nitriles is 1. The largest absolute Gasteiger partial charge is 0.444 e. The lowest BCUT2D eigenvalue weighted by atomic mass is 10.2. The molecule has 1 heterocycles. The van der Waals surface area contributed by atoms with Gasteiger partial charge in [-0.1, -0.05) is 0 Å². The number of hydrogen-bond acceptors (Lipinski definition) is 4. The zero-order valence-electron chi connectivity index (χ0n) is 10.2. The molecule has 0 bridgehead atoms. The van der Waals surface area contributed by atoms with Gasteiger partial charge in [0.2, 0.25) is 0 Å². The molecule has 1 aliphatic rings. The Hall–Kier alpha value is -1.28. The number of rotatable bonds is 0. The minimum absolute atomic E-state index is 0.0561. The molecule has 1 unspecified atom stereocenters. The number of ether oxygens (including phenoxy) is 2. The van der Waals surface area contributed by atoms with Gasteiger partial charge in [0.25, 0.3) is 0 Å². The van der Waals surface area contributed by atoms with Crippen molar-refractivity contribution < 1.29 is 14.3 Å². The van der Waals surface area contributed by atoms with Crippen molar-refractivity contribution in [1.29, 1.82) is 5.26 Å². The van der Waals surface area contributed by atoms with Crippen LogP contribution < -0.4 is 0 Å². The molecule has 2 atom stereocenters. The topological polar surface area (TPSA) is 62.6 Å². The van der Waals surface area contributed by atoms with Crippen LogP contribution in [0.15, 0.2) is 0 Å². The highest BCUT2D eigenvalue weighted by molar-refractivity contribution is 5.68. The molecule has 1 rings (SSSR count). The number of amides is 1. The minimum atomic E-state index is -0.552. The molecule has 5 heteroatoms. The maximum Gasteiger partial charge on any atom is 0.410 e. The number of hydrogen-bond donors (Lipinski definition) is 0. The lowest BCUT2D eigenvalue weighted by molar-refractivity contribution is -0.0473. The number of morpholine rings is 1. The summed E-state index contributed by atoms with van der Waals surface area (Å²) >= 11 is 0. The van der Waals surface area contributed by atoms with Gasteiger partial charge in [-0.3, -0.25) is 4.90 Å². The first-order chi connectivity index (χ1) is 7.33. The third-order valence-corrected chi connectivity index (χ3v) is 2.21. The molecule has 0 aliphatic carbocycles. The summed E-state index contributed by atoms with van der Waals surface area (Å²) in [6.07, 6.45) is -0.938. The molecule has 90 valence electrons. The van der Waals surface area contributed by atoms with Gasteiger partial charge in [-0.05, 0) is 27.7 Å². The molecule has 0 N–H and O–H groups in total. The highest BCUT2D eigenvalue weighted by Gasteiger charge is 2.32. The van der Waals surface area contributed by atoms with Crippen LogP contribution in [0.5, 0.6) is 0 Å². The summed E-state index contributed by atoms with van der Waals surface area (Å²) in [5.41, 5.74) is -0.517. The van der Waals surface area contributed by atoms with Gasteiger partial charge in [0, 0.05) is 0 Å². The Bertz CT molecular complexity index is 303. The maximum absolute atomic E-state index is 11.8. The summed E-state index contributed by atoms with van der Waals surface area (Å²) in [6, 6.07) is 1.94.